The van der Waals surface area contributed by atoms with Gasteiger partial charge in [0.15, 0.2) is 25.0 Å². The van der Waals surface area contributed by atoms with Gasteiger partial charge in [-0.1, -0.05) is 98.6 Å². The first-order valence-corrected chi connectivity index (χ1v) is 28.5. The lowest BCUT2D eigenvalue weighted by Gasteiger charge is -2.41. The number of aliphatic hydroxyl groups is 1. The molecule has 2 rings (SSSR count). The molecule has 284 valence electrons. The van der Waals surface area contributed by atoms with Crippen LogP contribution in [0.3, 0.4) is 0 Å². The van der Waals surface area contributed by atoms with Gasteiger partial charge >= 0.3 is 5.97 Å². The van der Waals surface area contributed by atoms with Gasteiger partial charge in [0, 0.05) is 17.8 Å². The molecule has 1 unspecified atom stereocenters. The number of carbonyl (C=O) groups excluding carboxylic acids is 1. The minimum Gasteiger partial charge on any atom is -0.469 e. The second-order valence-electron chi connectivity index (χ2n) is 19.3. The molecule has 9 atom stereocenters. The van der Waals surface area contributed by atoms with Gasteiger partial charge in [0.05, 0.1) is 31.3 Å². The lowest BCUT2D eigenvalue weighted by Crippen LogP contribution is -2.46. The third-order valence-corrected chi connectivity index (χ3v) is 21.7. The number of esters is 1. The molecule has 0 radical (unpaired) electrons. The maximum absolute atomic E-state index is 12.2. The zero-order valence-electron chi connectivity index (χ0n) is 34.5. The molecule has 2 aliphatic carbocycles. The third kappa shape index (κ3) is 13.3. The van der Waals surface area contributed by atoms with Crippen molar-refractivity contribution in [3.63, 3.8) is 0 Å². The topological polar surface area (TPSA) is 74.2 Å². The maximum Gasteiger partial charge on any atom is 0.308 e. The van der Waals surface area contributed by atoms with Gasteiger partial charge in [-0.05, 0) is 93.9 Å². The van der Waals surface area contributed by atoms with Crippen LogP contribution in [0.25, 0.3) is 0 Å². The predicted molar refractivity (Wildman–Crippen MR) is 213 cm³/mol. The number of hydrogen-bond donors (Lipinski definition) is 1. The zero-order chi connectivity index (χ0) is 37.6. The molecule has 9 heteroatoms. The van der Waals surface area contributed by atoms with Crippen LogP contribution in [0.5, 0.6) is 0 Å². The van der Waals surface area contributed by atoms with Gasteiger partial charge in [0.1, 0.15) is 6.10 Å². The Morgan fingerprint density at radius 2 is 1.55 bits per heavy atom. The molecule has 0 saturated heterocycles. The third-order valence-electron chi connectivity index (χ3n) is 11.8. The first kappa shape index (κ1) is 44.4. The normalized spacial score (nSPS) is 27.5. The van der Waals surface area contributed by atoms with Gasteiger partial charge < -0.3 is 23.1 Å². The number of unbranched alkanes of at least 4 members (excludes halogenated alkanes) is 1. The Kier molecular flexibility index (Phi) is 16.2. The van der Waals surface area contributed by atoms with E-state index >= 15 is 0 Å². The SMILES string of the molecule is CCCC[C@H](C)C[C@@H](/C=C/[C@@H]1[C@@H](C(C#C[C@H]2CC[C@H](C(=O)OC)C2)O[Si](C)(C)C)[C@@H](O)C[C@H]1O[Si](C)(C)C(C)(C)C)O[Si](C)(C)C(C)(C)C. The highest BCUT2D eigenvalue weighted by Gasteiger charge is 2.50. The number of methoxy groups -OCH3 is 1. The molecule has 0 heterocycles. The van der Waals surface area contributed by atoms with Gasteiger partial charge in [0.2, 0.25) is 0 Å². The van der Waals surface area contributed by atoms with E-state index in [-0.39, 0.29) is 51.9 Å². The van der Waals surface area contributed by atoms with Crippen LogP contribution in [-0.2, 0) is 22.8 Å². The Balaban J connectivity index is 2.61. The number of rotatable bonds is 15. The standard InChI is InChI=1S/C40H76O6Si3/c1-17-18-19-29(2)26-32(44-48(13,14)39(3,4)5)23-24-33-36(46-49(15,16)40(6,7)8)28-34(41)37(33)35(45-47(10,11)12)25-21-30-20-22-31(27-30)38(42)43-9/h23-24,29-37,41H,17-20,22,26-28H2,1-16H3/b24-23+/t29-,30+,31-,32+,33-,34-,35?,36+,37+/m0/s1. The predicted octanol–water partition coefficient (Wildman–Crippen LogP) is 10.3. The molecule has 2 aliphatic rings. The molecule has 0 aromatic rings. The molecule has 2 fully saturated rings. The van der Waals surface area contributed by atoms with Crippen LogP contribution >= 0.6 is 0 Å². The largest absolute Gasteiger partial charge is 0.469 e. The average molecular weight is 737 g/mol. The summed E-state index contributed by atoms with van der Waals surface area (Å²) < 4.78 is 26.2. The molecule has 0 amide bonds. The van der Waals surface area contributed by atoms with Crippen molar-refractivity contribution in [2.24, 2.45) is 29.6 Å². The summed E-state index contributed by atoms with van der Waals surface area (Å²) in [5.74, 6) is 7.24. The van der Waals surface area contributed by atoms with E-state index in [9.17, 15) is 9.90 Å². The Hall–Kier alpha value is -0.739. The molecule has 0 aromatic carbocycles. The van der Waals surface area contributed by atoms with E-state index in [4.69, 9.17) is 18.0 Å². The Labute approximate surface area is 305 Å². The molecular weight excluding hydrogens is 661 g/mol. The summed E-state index contributed by atoms with van der Waals surface area (Å²) in [5.41, 5.74) is 0. The van der Waals surface area contributed by atoms with Crippen LogP contribution in [-0.4, -0.2) is 67.6 Å². The van der Waals surface area contributed by atoms with Crippen molar-refractivity contribution in [3.8, 4) is 11.8 Å². The quantitative estimate of drug-likeness (QED) is 0.0781. The maximum atomic E-state index is 12.2. The van der Waals surface area contributed by atoms with Crippen molar-refractivity contribution in [2.75, 3.05) is 7.11 Å². The van der Waals surface area contributed by atoms with E-state index in [2.05, 4.69) is 125 Å². The fraction of sp³-hybridized carbons (Fsp3) is 0.875. The molecule has 2 saturated carbocycles. The second-order valence-corrected chi connectivity index (χ2v) is 33.3. The summed E-state index contributed by atoms with van der Waals surface area (Å²) >= 11 is 0. The molecular formula is C40H76O6Si3. The molecule has 49 heavy (non-hydrogen) atoms. The highest BCUT2D eigenvalue weighted by molar-refractivity contribution is 6.74. The van der Waals surface area contributed by atoms with Crippen LogP contribution in [0, 0.1) is 41.4 Å². The van der Waals surface area contributed by atoms with Crippen molar-refractivity contribution < 1.29 is 27.9 Å². The number of hydrogen-bond acceptors (Lipinski definition) is 6. The van der Waals surface area contributed by atoms with E-state index in [1.54, 1.807) is 0 Å². The minimum absolute atomic E-state index is 0.00384. The summed E-state index contributed by atoms with van der Waals surface area (Å²) in [5, 5.41) is 12.1. The Morgan fingerprint density at radius 3 is 2.08 bits per heavy atom. The van der Waals surface area contributed by atoms with Crippen LogP contribution in [0.1, 0.15) is 107 Å². The monoisotopic (exact) mass is 736 g/mol. The van der Waals surface area contributed by atoms with E-state index in [1.807, 2.05) is 0 Å². The van der Waals surface area contributed by atoms with Crippen LogP contribution < -0.4 is 0 Å². The number of aliphatic hydroxyl groups excluding tert-OH is 1. The Morgan fingerprint density at radius 1 is 0.939 bits per heavy atom. The summed E-state index contributed by atoms with van der Waals surface area (Å²) in [6.07, 6.45) is 11.1. The van der Waals surface area contributed by atoms with Crippen molar-refractivity contribution in [2.45, 2.75) is 187 Å². The van der Waals surface area contributed by atoms with Crippen LogP contribution in [0.4, 0.5) is 0 Å². The fourth-order valence-electron chi connectivity index (χ4n) is 6.71. The zero-order valence-corrected chi connectivity index (χ0v) is 37.5. The molecule has 0 bridgehead atoms. The van der Waals surface area contributed by atoms with Crippen molar-refractivity contribution in [1.82, 2.24) is 0 Å². The van der Waals surface area contributed by atoms with Crippen molar-refractivity contribution in [3.05, 3.63) is 12.2 Å². The van der Waals surface area contributed by atoms with E-state index in [0.29, 0.717) is 12.3 Å². The first-order chi connectivity index (χ1) is 22.3. The molecule has 0 spiro atoms. The van der Waals surface area contributed by atoms with Crippen molar-refractivity contribution in [1.29, 1.82) is 0 Å². The highest BCUT2D eigenvalue weighted by atomic mass is 28.4. The lowest BCUT2D eigenvalue weighted by molar-refractivity contribution is -0.145. The van der Waals surface area contributed by atoms with E-state index < -0.39 is 37.2 Å². The molecule has 0 aliphatic heterocycles. The Bertz CT molecular complexity index is 1140. The highest BCUT2D eigenvalue weighted by Crippen LogP contribution is 2.45. The summed E-state index contributed by atoms with van der Waals surface area (Å²) in [7, 11) is -4.80. The first-order valence-electron chi connectivity index (χ1n) is 19.3. The van der Waals surface area contributed by atoms with Gasteiger partial charge in [-0.2, -0.15) is 0 Å². The van der Waals surface area contributed by atoms with Gasteiger partial charge in [-0.15, -0.1) is 0 Å². The summed E-state index contributed by atoms with van der Waals surface area (Å²) in [4.78, 5) is 12.2. The smallest absolute Gasteiger partial charge is 0.308 e. The van der Waals surface area contributed by atoms with E-state index in [0.717, 1.165) is 25.7 Å². The van der Waals surface area contributed by atoms with Gasteiger partial charge in [-0.3, -0.25) is 4.79 Å². The van der Waals surface area contributed by atoms with Crippen LogP contribution in [0.2, 0.25) is 55.9 Å². The summed E-state index contributed by atoms with van der Waals surface area (Å²) in [6.45, 7) is 34.3. The second kappa shape index (κ2) is 17.9. The number of ether oxygens (including phenoxy) is 1. The molecule has 6 nitrogen and oxygen atoms in total. The van der Waals surface area contributed by atoms with Gasteiger partial charge in [0.25, 0.3) is 0 Å². The molecule has 0 aromatic heterocycles. The average Bonchev–Trinajstić information content (AvgIpc) is 3.54. The molecule has 1 N–H and O–H groups in total. The van der Waals surface area contributed by atoms with E-state index in [1.165, 1.54) is 26.4 Å². The minimum atomic E-state index is -2.16. The number of carbonyl (C=O) groups is 1. The van der Waals surface area contributed by atoms with Crippen molar-refractivity contribution >= 4 is 30.9 Å². The lowest BCUT2D eigenvalue weighted by atomic mass is 9.87. The van der Waals surface area contributed by atoms with Gasteiger partial charge in [-0.25, -0.2) is 0 Å². The van der Waals surface area contributed by atoms with Crippen LogP contribution in [0.15, 0.2) is 12.2 Å². The summed E-state index contributed by atoms with van der Waals surface area (Å²) in [6, 6.07) is 0. The fourth-order valence-corrected chi connectivity index (χ4v) is 10.3.